The Hall–Kier alpha value is -2.56. The molecule has 0 unspecified atom stereocenters. The maximum atomic E-state index is 5.34. The first-order chi connectivity index (χ1) is 13.8. The summed E-state index contributed by atoms with van der Waals surface area (Å²) < 4.78 is 5.34. The van der Waals surface area contributed by atoms with E-state index in [1.807, 2.05) is 25.4 Å². The van der Waals surface area contributed by atoms with E-state index in [0.717, 1.165) is 36.9 Å². The van der Waals surface area contributed by atoms with Crippen molar-refractivity contribution < 1.29 is 4.74 Å². The smallest absolute Gasteiger partial charge is 0.191 e. The van der Waals surface area contributed by atoms with E-state index in [1.54, 1.807) is 7.11 Å². The van der Waals surface area contributed by atoms with Gasteiger partial charge < -0.3 is 15.4 Å². The number of nitrogens with one attached hydrogen (secondary N) is 2. The predicted molar refractivity (Wildman–Crippen MR) is 115 cm³/mol. The number of guanidine groups is 1. The quantitative estimate of drug-likeness (QED) is 0.568. The van der Waals surface area contributed by atoms with Gasteiger partial charge in [-0.1, -0.05) is 37.5 Å². The third-order valence-electron chi connectivity index (χ3n) is 5.73. The molecule has 0 atom stereocenters. The number of ether oxygens (including phenoxy) is 1. The van der Waals surface area contributed by atoms with E-state index in [2.05, 4.69) is 50.9 Å². The average Bonchev–Trinajstić information content (AvgIpc) is 2.77. The van der Waals surface area contributed by atoms with Crippen LogP contribution in [0, 0.1) is 0 Å². The van der Waals surface area contributed by atoms with Crippen molar-refractivity contribution in [3.05, 3.63) is 59.9 Å². The predicted octanol–water partition coefficient (Wildman–Crippen LogP) is 3.70. The van der Waals surface area contributed by atoms with Crippen LogP contribution >= 0.6 is 0 Å². The number of rotatable bonds is 7. The number of benzene rings is 1. The van der Waals surface area contributed by atoms with Crippen LogP contribution in [0.25, 0.3) is 0 Å². The summed E-state index contributed by atoms with van der Waals surface area (Å²) in [5.41, 5.74) is 2.64. The van der Waals surface area contributed by atoms with Crippen molar-refractivity contribution in [3.8, 4) is 5.75 Å². The molecule has 5 heteroatoms. The molecule has 0 spiro atoms. The van der Waals surface area contributed by atoms with Crippen molar-refractivity contribution in [1.29, 1.82) is 0 Å². The minimum Gasteiger partial charge on any atom is -0.497 e. The number of nitrogens with zero attached hydrogens (tertiary/aromatic N) is 2. The fraction of sp³-hybridized carbons (Fsp3) is 0.478. The summed E-state index contributed by atoms with van der Waals surface area (Å²) in [5.74, 6) is 1.77. The highest BCUT2D eigenvalue weighted by atomic mass is 16.5. The molecule has 0 saturated heterocycles. The van der Waals surface area contributed by atoms with Gasteiger partial charge in [0.05, 0.1) is 7.11 Å². The summed E-state index contributed by atoms with van der Waals surface area (Å²) in [7, 11) is 3.55. The number of pyridine rings is 1. The molecule has 1 aliphatic rings. The highest BCUT2D eigenvalue weighted by molar-refractivity contribution is 5.79. The van der Waals surface area contributed by atoms with Crippen LogP contribution in [0.1, 0.15) is 43.4 Å². The minimum atomic E-state index is 0.156. The van der Waals surface area contributed by atoms with Gasteiger partial charge in [0.25, 0.3) is 0 Å². The van der Waals surface area contributed by atoms with Crippen molar-refractivity contribution in [2.24, 2.45) is 4.99 Å². The Morgan fingerprint density at radius 3 is 2.50 bits per heavy atom. The van der Waals surface area contributed by atoms with Crippen molar-refractivity contribution in [2.45, 2.75) is 43.9 Å². The zero-order valence-corrected chi connectivity index (χ0v) is 17.1. The van der Waals surface area contributed by atoms with Gasteiger partial charge in [0.15, 0.2) is 5.96 Å². The summed E-state index contributed by atoms with van der Waals surface area (Å²) in [6.07, 6.45) is 9.01. The van der Waals surface area contributed by atoms with Gasteiger partial charge in [0.1, 0.15) is 5.75 Å². The lowest BCUT2D eigenvalue weighted by molar-refractivity contribution is 0.291. The normalized spacial score (nSPS) is 16.4. The van der Waals surface area contributed by atoms with Gasteiger partial charge in [-0.2, -0.15) is 0 Å². The first kappa shape index (κ1) is 20.2. The zero-order chi connectivity index (χ0) is 19.7. The number of hydrogen-bond acceptors (Lipinski definition) is 3. The Balaban J connectivity index is 1.60. The monoisotopic (exact) mass is 380 g/mol. The van der Waals surface area contributed by atoms with Gasteiger partial charge in [-0.15, -0.1) is 0 Å². The van der Waals surface area contributed by atoms with Gasteiger partial charge in [0.2, 0.25) is 0 Å². The van der Waals surface area contributed by atoms with Crippen molar-refractivity contribution >= 4 is 5.96 Å². The van der Waals surface area contributed by atoms with Gasteiger partial charge in [-0.3, -0.25) is 9.98 Å². The molecule has 1 fully saturated rings. The van der Waals surface area contributed by atoms with Gasteiger partial charge in [0, 0.05) is 43.9 Å². The van der Waals surface area contributed by atoms with Crippen LogP contribution in [0.4, 0.5) is 0 Å². The van der Waals surface area contributed by atoms with E-state index in [4.69, 9.17) is 4.74 Å². The van der Waals surface area contributed by atoms with Crippen molar-refractivity contribution in [1.82, 2.24) is 15.6 Å². The fourth-order valence-corrected chi connectivity index (χ4v) is 4.07. The second-order valence-electron chi connectivity index (χ2n) is 7.49. The topological polar surface area (TPSA) is 58.5 Å². The van der Waals surface area contributed by atoms with E-state index < -0.39 is 0 Å². The molecule has 1 heterocycles. The molecule has 28 heavy (non-hydrogen) atoms. The zero-order valence-electron chi connectivity index (χ0n) is 17.1. The lowest BCUT2D eigenvalue weighted by atomic mass is 9.69. The van der Waals surface area contributed by atoms with Gasteiger partial charge in [-0.25, -0.2) is 0 Å². The van der Waals surface area contributed by atoms with E-state index in [-0.39, 0.29) is 5.41 Å². The molecule has 0 amide bonds. The lowest BCUT2D eigenvalue weighted by Crippen LogP contribution is -2.47. The number of aliphatic imine (C=N–C) groups is 1. The Morgan fingerprint density at radius 1 is 1.07 bits per heavy atom. The minimum absolute atomic E-state index is 0.156. The fourth-order valence-electron chi connectivity index (χ4n) is 4.07. The molecule has 1 saturated carbocycles. The second-order valence-corrected chi connectivity index (χ2v) is 7.49. The summed E-state index contributed by atoms with van der Waals surface area (Å²) in [6.45, 7) is 1.70. The van der Waals surface area contributed by atoms with E-state index >= 15 is 0 Å². The molecule has 2 aromatic rings. The summed E-state index contributed by atoms with van der Waals surface area (Å²) in [4.78, 5) is 8.78. The number of hydrogen-bond donors (Lipinski definition) is 2. The first-order valence-corrected chi connectivity index (χ1v) is 10.2. The third-order valence-corrected chi connectivity index (χ3v) is 5.73. The Morgan fingerprint density at radius 2 is 1.86 bits per heavy atom. The number of methoxy groups -OCH3 is 1. The largest absolute Gasteiger partial charge is 0.497 e. The highest BCUT2D eigenvalue weighted by Gasteiger charge is 2.34. The van der Waals surface area contributed by atoms with Crippen molar-refractivity contribution in [2.75, 3.05) is 27.2 Å². The van der Waals surface area contributed by atoms with E-state index in [0.29, 0.717) is 0 Å². The third kappa shape index (κ3) is 5.24. The molecule has 1 aromatic heterocycles. The van der Waals surface area contributed by atoms with Crippen molar-refractivity contribution in [3.63, 3.8) is 0 Å². The molecule has 5 nitrogen and oxygen atoms in total. The molecule has 1 aliphatic carbocycles. The van der Waals surface area contributed by atoms with Crippen LogP contribution in [0.5, 0.6) is 5.75 Å². The van der Waals surface area contributed by atoms with Gasteiger partial charge >= 0.3 is 0 Å². The molecule has 0 bridgehead atoms. The summed E-state index contributed by atoms with van der Waals surface area (Å²) in [5, 5.41) is 7.00. The van der Waals surface area contributed by atoms with Gasteiger partial charge in [-0.05, 0) is 42.7 Å². The maximum Gasteiger partial charge on any atom is 0.191 e. The SMILES string of the molecule is CN=C(NCCc1ccccn1)NCC1(c2ccc(OC)cc2)CCCCC1. The van der Waals surface area contributed by atoms with Crippen LogP contribution in [-0.4, -0.2) is 38.2 Å². The van der Waals surface area contributed by atoms with Crippen LogP contribution < -0.4 is 15.4 Å². The first-order valence-electron chi connectivity index (χ1n) is 10.2. The van der Waals surface area contributed by atoms with Crippen LogP contribution in [-0.2, 0) is 11.8 Å². The molecular weight excluding hydrogens is 348 g/mol. The molecule has 1 aromatic carbocycles. The van der Waals surface area contributed by atoms with Crippen LogP contribution in [0.2, 0.25) is 0 Å². The van der Waals surface area contributed by atoms with Crippen LogP contribution in [0.3, 0.4) is 0 Å². The molecule has 2 N–H and O–H groups in total. The standard InChI is InChI=1S/C23H32N4O/c1-24-22(26-17-13-20-8-4-7-16-25-20)27-18-23(14-5-3-6-15-23)19-9-11-21(28-2)12-10-19/h4,7-12,16H,3,5-6,13-15,17-18H2,1-2H3,(H2,24,26,27). The average molecular weight is 381 g/mol. The summed E-state index contributed by atoms with van der Waals surface area (Å²) >= 11 is 0. The second kappa shape index (κ2) is 10.1. The Kier molecular flexibility index (Phi) is 7.29. The Labute approximate surface area is 168 Å². The maximum absolute atomic E-state index is 5.34. The molecule has 0 aliphatic heterocycles. The lowest BCUT2D eigenvalue weighted by Gasteiger charge is -2.38. The molecule has 150 valence electrons. The molecule has 0 radical (unpaired) electrons. The van der Waals surface area contributed by atoms with E-state index in [1.165, 1.54) is 37.7 Å². The number of aromatic nitrogens is 1. The molecular formula is C23H32N4O. The summed E-state index contributed by atoms with van der Waals surface area (Å²) in [6, 6.07) is 14.6. The highest BCUT2D eigenvalue weighted by Crippen LogP contribution is 2.39. The Bertz CT molecular complexity index is 737. The van der Waals surface area contributed by atoms with E-state index in [9.17, 15) is 0 Å². The van der Waals surface area contributed by atoms with Crippen LogP contribution in [0.15, 0.2) is 53.7 Å². The molecule has 3 rings (SSSR count).